The summed E-state index contributed by atoms with van der Waals surface area (Å²) in [5, 5.41) is 0.194. The van der Waals surface area contributed by atoms with Gasteiger partial charge in [0, 0.05) is 6.10 Å². The molecule has 1 fully saturated rings. The first-order valence-corrected chi connectivity index (χ1v) is 9.91. The molecule has 0 N–H and O–H groups in total. The maximum atomic E-state index is 11.8. The predicted octanol–water partition coefficient (Wildman–Crippen LogP) is 3.76. The molecule has 0 aromatic heterocycles. The van der Waals surface area contributed by atoms with Crippen LogP contribution >= 0.6 is 0 Å². The Kier molecular flexibility index (Phi) is 5.01. The van der Waals surface area contributed by atoms with E-state index in [2.05, 4.69) is 40.4 Å². The van der Waals surface area contributed by atoms with Crippen molar-refractivity contribution < 1.29 is 14.0 Å². The third-order valence-corrected chi connectivity index (χ3v) is 9.18. The molecule has 0 aromatic carbocycles. The van der Waals surface area contributed by atoms with Gasteiger partial charge in [-0.3, -0.25) is 4.79 Å². The second-order valence-electron chi connectivity index (χ2n) is 7.00. The van der Waals surface area contributed by atoms with E-state index in [0.29, 0.717) is 0 Å². The lowest BCUT2D eigenvalue weighted by Crippen LogP contribution is -2.43. The van der Waals surface area contributed by atoms with Crippen LogP contribution in [0.1, 0.15) is 33.6 Å². The highest BCUT2D eigenvalue weighted by atomic mass is 28.4. The molecule has 3 atom stereocenters. The molecule has 1 aliphatic rings. The zero-order valence-corrected chi connectivity index (χ0v) is 14.2. The van der Waals surface area contributed by atoms with Gasteiger partial charge in [0.1, 0.15) is 0 Å². The Balaban J connectivity index is 2.74. The molecule has 0 unspecified atom stereocenters. The largest absolute Gasteiger partial charge is 0.469 e. The van der Waals surface area contributed by atoms with Crippen molar-refractivity contribution in [3.63, 3.8) is 0 Å². The lowest BCUT2D eigenvalue weighted by molar-refractivity contribution is -0.146. The van der Waals surface area contributed by atoms with Gasteiger partial charge in [0.25, 0.3) is 0 Å². The Bertz CT molecular complexity index is 344. The van der Waals surface area contributed by atoms with Gasteiger partial charge < -0.3 is 9.16 Å². The predicted molar refractivity (Wildman–Crippen MR) is 80.5 cm³/mol. The Morgan fingerprint density at radius 2 is 1.89 bits per heavy atom. The zero-order chi connectivity index (χ0) is 14.8. The molecule has 1 rings (SSSR count). The second-order valence-corrected chi connectivity index (χ2v) is 11.8. The topological polar surface area (TPSA) is 35.5 Å². The molecule has 1 saturated carbocycles. The van der Waals surface area contributed by atoms with Crippen LogP contribution in [0.2, 0.25) is 18.1 Å². The highest BCUT2D eigenvalue weighted by Crippen LogP contribution is 2.42. The van der Waals surface area contributed by atoms with Gasteiger partial charge >= 0.3 is 5.97 Å². The molecule has 0 spiro atoms. The van der Waals surface area contributed by atoms with E-state index in [0.717, 1.165) is 12.8 Å². The Labute approximate surface area is 118 Å². The molecular formula is C15H28O3Si. The number of hydrogen-bond donors (Lipinski definition) is 0. The maximum absolute atomic E-state index is 11.8. The van der Waals surface area contributed by atoms with Crippen LogP contribution in [-0.2, 0) is 14.0 Å². The summed E-state index contributed by atoms with van der Waals surface area (Å²) in [5.74, 6) is -0.0364. The molecule has 4 heteroatoms. The van der Waals surface area contributed by atoms with E-state index in [1.165, 1.54) is 7.11 Å². The van der Waals surface area contributed by atoms with Gasteiger partial charge in [-0.2, -0.15) is 0 Å². The average Bonchev–Trinajstić information content (AvgIpc) is 2.68. The van der Waals surface area contributed by atoms with Crippen molar-refractivity contribution in [2.45, 2.75) is 57.8 Å². The minimum atomic E-state index is -1.77. The summed E-state index contributed by atoms with van der Waals surface area (Å²) in [6.45, 7) is 15.0. The second kappa shape index (κ2) is 5.79. The van der Waals surface area contributed by atoms with Crippen LogP contribution in [0.3, 0.4) is 0 Å². The van der Waals surface area contributed by atoms with Crippen molar-refractivity contribution in [3.05, 3.63) is 12.7 Å². The van der Waals surface area contributed by atoms with Crippen LogP contribution in [0.25, 0.3) is 0 Å². The standard InChI is InChI=1S/C15H28O3Si/c1-8-11-9-12(10-13(11)14(16)17-5)18-19(6,7)15(2,3)4/h8,11-13H,1,9-10H2,2-7H3/t11-,12-,13+/m0/s1. The number of carbonyl (C=O) groups excluding carboxylic acids is 1. The molecule has 3 nitrogen and oxygen atoms in total. The molecule has 0 radical (unpaired) electrons. The van der Waals surface area contributed by atoms with Crippen LogP contribution in [0.4, 0.5) is 0 Å². The van der Waals surface area contributed by atoms with E-state index in [9.17, 15) is 4.79 Å². The van der Waals surface area contributed by atoms with Crippen molar-refractivity contribution in [2.75, 3.05) is 7.11 Å². The number of rotatable bonds is 4. The molecule has 0 aliphatic heterocycles. The van der Waals surface area contributed by atoms with Gasteiger partial charge in [-0.1, -0.05) is 26.8 Å². The van der Waals surface area contributed by atoms with Gasteiger partial charge in [-0.05, 0) is 36.9 Å². The number of hydrogen-bond acceptors (Lipinski definition) is 3. The van der Waals surface area contributed by atoms with Gasteiger partial charge in [0.2, 0.25) is 0 Å². The number of esters is 1. The lowest BCUT2D eigenvalue weighted by atomic mass is 9.97. The third kappa shape index (κ3) is 3.69. The van der Waals surface area contributed by atoms with E-state index in [-0.39, 0.29) is 28.9 Å². The van der Waals surface area contributed by atoms with Crippen LogP contribution in [0, 0.1) is 11.8 Å². The lowest BCUT2D eigenvalue weighted by Gasteiger charge is -2.38. The maximum Gasteiger partial charge on any atom is 0.309 e. The van der Waals surface area contributed by atoms with Crippen molar-refractivity contribution in [2.24, 2.45) is 11.8 Å². The smallest absolute Gasteiger partial charge is 0.309 e. The summed E-state index contributed by atoms with van der Waals surface area (Å²) in [4.78, 5) is 11.8. The Morgan fingerprint density at radius 3 is 2.32 bits per heavy atom. The summed E-state index contributed by atoms with van der Waals surface area (Å²) >= 11 is 0. The van der Waals surface area contributed by atoms with Crippen LogP contribution in [0.15, 0.2) is 12.7 Å². The number of methoxy groups -OCH3 is 1. The fourth-order valence-electron chi connectivity index (χ4n) is 2.39. The summed E-state index contributed by atoms with van der Waals surface area (Å²) in [5.41, 5.74) is 0. The number of allylic oxidation sites excluding steroid dienone is 1. The van der Waals surface area contributed by atoms with Gasteiger partial charge in [0.15, 0.2) is 8.32 Å². The summed E-state index contributed by atoms with van der Waals surface area (Å²) in [6.07, 6.45) is 3.68. The molecular weight excluding hydrogens is 256 g/mol. The Morgan fingerprint density at radius 1 is 1.32 bits per heavy atom. The van der Waals surface area contributed by atoms with E-state index in [1.807, 2.05) is 6.08 Å². The molecule has 110 valence electrons. The van der Waals surface area contributed by atoms with Gasteiger partial charge in [0.05, 0.1) is 13.0 Å². The van der Waals surface area contributed by atoms with Crippen molar-refractivity contribution >= 4 is 14.3 Å². The molecule has 0 bridgehead atoms. The van der Waals surface area contributed by atoms with E-state index < -0.39 is 8.32 Å². The quantitative estimate of drug-likeness (QED) is 0.448. The van der Waals surface area contributed by atoms with Gasteiger partial charge in [-0.25, -0.2) is 0 Å². The van der Waals surface area contributed by atoms with E-state index >= 15 is 0 Å². The summed E-state index contributed by atoms with van der Waals surface area (Å²) in [7, 11) is -0.324. The first-order chi connectivity index (χ1) is 8.62. The average molecular weight is 284 g/mol. The number of carbonyl (C=O) groups is 1. The highest BCUT2D eigenvalue weighted by Gasteiger charge is 2.44. The first kappa shape index (κ1) is 16.4. The van der Waals surface area contributed by atoms with Crippen LogP contribution < -0.4 is 0 Å². The molecule has 0 saturated heterocycles. The molecule has 0 amide bonds. The molecule has 1 aliphatic carbocycles. The fourth-order valence-corrected chi connectivity index (χ4v) is 3.77. The first-order valence-electron chi connectivity index (χ1n) is 7.00. The zero-order valence-electron chi connectivity index (χ0n) is 13.2. The SMILES string of the molecule is C=C[C@H]1C[C@H](O[Si](C)(C)C(C)(C)C)C[C@H]1C(=O)OC. The summed E-state index contributed by atoms with van der Waals surface area (Å²) in [6, 6.07) is 0. The molecule has 0 heterocycles. The Hall–Kier alpha value is -0.613. The van der Waals surface area contributed by atoms with Crippen molar-refractivity contribution in [1.29, 1.82) is 0 Å². The minimum absolute atomic E-state index is 0.0859. The van der Waals surface area contributed by atoms with Gasteiger partial charge in [-0.15, -0.1) is 6.58 Å². The minimum Gasteiger partial charge on any atom is -0.469 e. The molecule has 0 aromatic rings. The highest BCUT2D eigenvalue weighted by molar-refractivity contribution is 6.74. The van der Waals surface area contributed by atoms with Crippen LogP contribution in [0.5, 0.6) is 0 Å². The molecule has 19 heavy (non-hydrogen) atoms. The monoisotopic (exact) mass is 284 g/mol. The van der Waals surface area contributed by atoms with E-state index in [1.54, 1.807) is 0 Å². The summed E-state index contributed by atoms with van der Waals surface area (Å²) < 4.78 is 11.3. The normalized spacial score (nSPS) is 28.2. The third-order valence-electron chi connectivity index (χ3n) is 4.64. The fraction of sp³-hybridized carbons (Fsp3) is 0.800. The van der Waals surface area contributed by atoms with E-state index in [4.69, 9.17) is 9.16 Å². The van der Waals surface area contributed by atoms with Crippen molar-refractivity contribution in [3.8, 4) is 0 Å². The number of ether oxygens (including phenoxy) is 1. The van der Waals surface area contributed by atoms with Crippen LogP contribution in [-0.4, -0.2) is 27.5 Å². The van der Waals surface area contributed by atoms with Crippen molar-refractivity contribution in [1.82, 2.24) is 0 Å².